The van der Waals surface area contributed by atoms with E-state index in [0.29, 0.717) is 24.0 Å². The van der Waals surface area contributed by atoms with Gasteiger partial charge in [0.25, 0.3) is 0 Å². The second-order valence-electron chi connectivity index (χ2n) is 5.97. The van der Waals surface area contributed by atoms with E-state index in [1.165, 1.54) is 12.8 Å². The predicted molar refractivity (Wildman–Crippen MR) is 65.9 cm³/mol. The molecule has 1 aliphatic carbocycles. The molecular weight excluding hydrogens is 184 g/mol. The molecule has 15 heavy (non-hydrogen) atoms. The van der Waals surface area contributed by atoms with Crippen molar-refractivity contribution in [2.45, 2.75) is 53.6 Å². The molecule has 0 aliphatic heterocycles. The topological polar surface area (TPSA) is 9.23 Å². The third-order valence-electron chi connectivity index (χ3n) is 4.08. The highest BCUT2D eigenvalue weighted by Gasteiger charge is 2.42. The molecule has 0 aromatic carbocycles. The first kappa shape index (κ1) is 12.8. The van der Waals surface area contributed by atoms with Crippen LogP contribution in [0.3, 0.4) is 0 Å². The first-order valence-electron chi connectivity index (χ1n) is 6.11. The van der Waals surface area contributed by atoms with Crippen LogP contribution in [-0.2, 0) is 4.74 Å². The fourth-order valence-corrected chi connectivity index (χ4v) is 2.66. The molecule has 0 spiro atoms. The summed E-state index contributed by atoms with van der Waals surface area (Å²) in [6.07, 6.45) is 3.02. The SMILES string of the molecule is C=C(C)CO[C@@H]1[C@@H](C)CC[C@H](C)C1(C)C. The van der Waals surface area contributed by atoms with Gasteiger partial charge in [-0.3, -0.25) is 0 Å². The maximum absolute atomic E-state index is 6.04. The summed E-state index contributed by atoms with van der Waals surface area (Å²) in [5.74, 6) is 1.43. The van der Waals surface area contributed by atoms with E-state index in [4.69, 9.17) is 4.74 Å². The minimum Gasteiger partial charge on any atom is -0.373 e. The monoisotopic (exact) mass is 210 g/mol. The summed E-state index contributed by atoms with van der Waals surface area (Å²) in [5.41, 5.74) is 1.42. The Morgan fingerprint density at radius 1 is 1.33 bits per heavy atom. The van der Waals surface area contributed by atoms with E-state index in [9.17, 15) is 0 Å². The van der Waals surface area contributed by atoms with Crippen LogP contribution < -0.4 is 0 Å². The lowest BCUT2D eigenvalue weighted by Crippen LogP contribution is -2.45. The van der Waals surface area contributed by atoms with Crippen LogP contribution in [0.2, 0.25) is 0 Å². The molecule has 1 fully saturated rings. The van der Waals surface area contributed by atoms with E-state index in [0.717, 1.165) is 11.5 Å². The van der Waals surface area contributed by atoms with E-state index >= 15 is 0 Å². The van der Waals surface area contributed by atoms with E-state index in [-0.39, 0.29) is 0 Å². The highest BCUT2D eigenvalue weighted by molar-refractivity contribution is 4.94. The summed E-state index contributed by atoms with van der Waals surface area (Å²) in [6, 6.07) is 0. The second kappa shape index (κ2) is 4.69. The average Bonchev–Trinajstić information content (AvgIpc) is 2.11. The van der Waals surface area contributed by atoms with Crippen LogP contribution in [0, 0.1) is 17.3 Å². The van der Waals surface area contributed by atoms with Crippen molar-refractivity contribution in [2.24, 2.45) is 17.3 Å². The second-order valence-corrected chi connectivity index (χ2v) is 5.97. The maximum Gasteiger partial charge on any atom is 0.0675 e. The van der Waals surface area contributed by atoms with Crippen LogP contribution >= 0.6 is 0 Å². The zero-order valence-corrected chi connectivity index (χ0v) is 11.0. The Balaban J connectivity index is 2.67. The first-order valence-corrected chi connectivity index (χ1v) is 6.11. The van der Waals surface area contributed by atoms with Crippen molar-refractivity contribution in [2.75, 3.05) is 6.61 Å². The van der Waals surface area contributed by atoms with Gasteiger partial charge in [-0.05, 0) is 37.0 Å². The minimum absolute atomic E-state index is 0.299. The van der Waals surface area contributed by atoms with Gasteiger partial charge >= 0.3 is 0 Å². The van der Waals surface area contributed by atoms with Crippen molar-refractivity contribution >= 4 is 0 Å². The fourth-order valence-electron chi connectivity index (χ4n) is 2.66. The van der Waals surface area contributed by atoms with Crippen molar-refractivity contribution in [3.63, 3.8) is 0 Å². The van der Waals surface area contributed by atoms with Crippen molar-refractivity contribution in [3.8, 4) is 0 Å². The summed E-state index contributed by atoms with van der Waals surface area (Å²) >= 11 is 0. The molecule has 0 N–H and O–H groups in total. The van der Waals surface area contributed by atoms with Gasteiger partial charge in [0, 0.05) is 0 Å². The van der Waals surface area contributed by atoms with Gasteiger partial charge in [-0.25, -0.2) is 0 Å². The molecule has 0 aromatic rings. The molecular formula is C14H26O. The summed E-state index contributed by atoms with van der Waals surface area (Å²) in [6.45, 7) is 16.0. The van der Waals surface area contributed by atoms with Gasteiger partial charge in [0.05, 0.1) is 12.7 Å². The molecule has 1 nitrogen and oxygen atoms in total. The van der Waals surface area contributed by atoms with Crippen LogP contribution in [0.5, 0.6) is 0 Å². The van der Waals surface area contributed by atoms with Crippen LogP contribution in [0.4, 0.5) is 0 Å². The average molecular weight is 210 g/mol. The molecule has 1 rings (SSSR count). The van der Waals surface area contributed by atoms with E-state index < -0.39 is 0 Å². The van der Waals surface area contributed by atoms with Gasteiger partial charge in [0.1, 0.15) is 0 Å². The van der Waals surface area contributed by atoms with Crippen LogP contribution in [0.25, 0.3) is 0 Å². The van der Waals surface area contributed by atoms with E-state index in [2.05, 4.69) is 34.3 Å². The van der Waals surface area contributed by atoms with Gasteiger partial charge in [0.15, 0.2) is 0 Å². The molecule has 88 valence electrons. The molecule has 0 bridgehead atoms. The van der Waals surface area contributed by atoms with E-state index in [1.54, 1.807) is 0 Å². The molecule has 0 saturated heterocycles. The van der Waals surface area contributed by atoms with Crippen LogP contribution in [0.1, 0.15) is 47.5 Å². The lowest BCUT2D eigenvalue weighted by molar-refractivity contribution is -0.0973. The first-order chi connectivity index (χ1) is 6.85. The molecule has 1 heteroatoms. The molecule has 3 atom stereocenters. The van der Waals surface area contributed by atoms with Gasteiger partial charge in [-0.2, -0.15) is 0 Å². The number of ether oxygens (including phenoxy) is 1. The Hall–Kier alpha value is -0.300. The lowest BCUT2D eigenvalue weighted by atomic mass is 9.64. The third-order valence-corrected chi connectivity index (χ3v) is 4.08. The van der Waals surface area contributed by atoms with Gasteiger partial charge in [-0.1, -0.05) is 39.8 Å². The molecule has 0 unspecified atom stereocenters. The summed E-state index contributed by atoms with van der Waals surface area (Å²) in [7, 11) is 0. The highest BCUT2D eigenvalue weighted by atomic mass is 16.5. The Morgan fingerprint density at radius 3 is 2.47 bits per heavy atom. The Bertz CT molecular complexity index is 229. The summed E-state index contributed by atoms with van der Waals surface area (Å²) < 4.78 is 6.04. The van der Waals surface area contributed by atoms with E-state index in [1.807, 2.05) is 6.92 Å². The van der Waals surface area contributed by atoms with Crippen LogP contribution in [0.15, 0.2) is 12.2 Å². The third kappa shape index (κ3) is 2.84. The predicted octanol–water partition coefficient (Wildman–Crippen LogP) is 4.04. The number of hydrogen-bond donors (Lipinski definition) is 0. The molecule has 0 aromatic heterocycles. The lowest BCUT2D eigenvalue weighted by Gasteiger charge is -2.47. The zero-order chi connectivity index (χ0) is 11.6. The number of rotatable bonds is 3. The summed E-state index contributed by atoms with van der Waals surface area (Å²) in [5, 5.41) is 0. The Morgan fingerprint density at radius 2 is 1.93 bits per heavy atom. The summed E-state index contributed by atoms with van der Waals surface area (Å²) in [4.78, 5) is 0. The zero-order valence-electron chi connectivity index (χ0n) is 11.0. The largest absolute Gasteiger partial charge is 0.373 e. The van der Waals surface area contributed by atoms with Crippen molar-refractivity contribution in [1.82, 2.24) is 0 Å². The molecule has 1 aliphatic rings. The molecule has 0 heterocycles. The molecule has 1 saturated carbocycles. The van der Waals surface area contributed by atoms with Crippen molar-refractivity contribution in [3.05, 3.63) is 12.2 Å². The van der Waals surface area contributed by atoms with Crippen LogP contribution in [-0.4, -0.2) is 12.7 Å². The normalized spacial score (nSPS) is 35.1. The molecule has 0 amide bonds. The highest BCUT2D eigenvalue weighted by Crippen LogP contribution is 2.44. The van der Waals surface area contributed by atoms with Gasteiger partial charge in [0.2, 0.25) is 0 Å². The quantitative estimate of drug-likeness (QED) is 0.639. The molecule has 0 radical (unpaired) electrons. The standard InChI is InChI=1S/C14H26O/c1-10(2)9-15-13-11(3)7-8-12(4)14(13,5)6/h11-13H,1,7-9H2,2-6H3/t11-,12-,13+/m0/s1. The smallest absolute Gasteiger partial charge is 0.0675 e. The maximum atomic E-state index is 6.04. The Labute approximate surface area is 94.9 Å². The van der Waals surface area contributed by atoms with Gasteiger partial charge in [-0.15, -0.1) is 0 Å². The van der Waals surface area contributed by atoms with Crippen molar-refractivity contribution < 1.29 is 4.74 Å². The van der Waals surface area contributed by atoms with Gasteiger partial charge < -0.3 is 4.74 Å². The minimum atomic E-state index is 0.299. The fraction of sp³-hybridized carbons (Fsp3) is 0.857. The Kier molecular flexibility index (Phi) is 3.99. The van der Waals surface area contributed by atoms with Crippen molar-refractivity contribution in [1.29, 1.82) is 0 Å². The number of hydrogen-bond acceptors (Lipinski definition) is 1.